The topological polar surface area (TPSA) is 36.6 Å². The molecule has 3 rings (SSSR count). The second-order valence-corrected chi connectivity index (χ2v) is 5.19. The summed E-state index contributed by atoms with van der Waals surface area (Å²) < 4.78 is 5.52. The van der Waals surface area contributed by atoms with Crippen molar-refractivity contribution in [2.24, 2.45) is 0 Å². The minimum Gasteiger partial charge on any atom is -0.459 e. The first-order chi connectivity index (χ1) is 9.28. The molecular weight excluding hydrogens is 262 g/mol. The minimum atomic E-state index is -0.0938. The molecule has 1 aromatic heterocycles. The molecule has 1 fully saturated rings. The third-order valence-electron chi connectivity index (χ3n) is 3.51. The fourth-order valence-electron chi connectivity index (χ4n) is 2.48. The molecule has 0 aliphatic carbocycles. The van der Waals surface area contributed by atoms with Crippen molar-refractivity contribution in [2.45, 2.75) is 19.4 Å². The van der Waals surface area contributed by atoms with Gasteiger partial charge in [-0.25, -0.2) is 0 Å². The molecule has 1 aliphatic rings. The number of aliphatic hydroxyl groups is 1. The first-order valence-electron chi connectivity index (χ1n) is 6.52. The minimum absolute atomic E-state index is 0.0938. The van der Waals surface area contributed by atoms with Crippen LogP contribution in [0.1, 0.15) is 18.6 Å². The fourth-order valence-corrected chi connectivity index (χ4v) is 2.75. The highest BCUT2D eigenvalue weighted by atomic mass is 35.5. The molecule has 4 heteroatoms. The zero-order chi connectivity index (χ0) is 13.2. The largest absolute Gasteiger partial charge is 0.459 e. The van der Waals surface area contributed by atoms with Gasteiger partial charge >= 0.3 is 0 Å². The monoisotopic (exact) mass is 277 g/mol. The predicted octanol–water partition coefficient (Wildman–Crippen LogP) is 3.69. The number of nitrogens with zero attached hydrogens (tertiary/aromatic N) is 1. The maximum absolute atomic E-state index is 9.02. The molecule has 0 saturated carbocycles. The van der Waals surface area contributed by atoms with Crippen molar-refractivity contribution in [1.29, 1.82) is 0 Å². The first-order valence-corrected chi connectivity index (χ1v) is 6.90. The quantitative estimate of drug-likeness (QED) is 0.929. The van der Waals surface area contributed by atoms with Gasteiger partial charge in [-0.05, 0) is 43.2 Å². The molecule has 1 aromatic carbocycles. The maximum Gasteiger partial charge on any atom is 0.135 e. The lowest BCUT2D eigenvalue weighted by atomic mass is 10.1. The van der Waals surface area contributed by atoms with Crippen molar-refractivity contribution in [2.75, 3.05) is 18.0 Å². The van der Waals surface area contributed by atoms with Gasteiger partial charge < -0.3 is 14.4 Å². The summed E-state index contributed by atoms with van der Waals surface area (Å²) in [6, 6.07) is 9.65. The number of hydrogen-bond acceptors (Lipinski definition) is 3. The second-order valence-electron chi connectivity index (χ2n) is 4.78. The zero-order valence-corrected chi connectivity index (χ0v) is 11.4. The van der Waals surface area contributed by atoms with Gasteiger partial charge in [-0.15, -0.1) is 0 Å². The predicted molar refractivity (Wildman–Crippen MR) is 76.5 cm³/mol. The third-order valence-corrected chi connectivity index (χ3v) is 3.82. The lowest BCUT2D eigenvalue weighted by Gasteiger charge is -2.18. The van der Waals surface area contributed by atoms with Crippen LogP contribution >= 0.6 is 11.6 Å². The summed E-state index contributed by atoms with van der Waals surface area (Å²) in [7, 11) is 0. The van der Waals surface area contributed by atoms with E-state index in [9.17, 15) is 0 Å². The van der Waals surface area contributed by atoms with Gasteiger partial charge in [0.2, 0.25) is 0 Å². The van der Waals surface area contributed by atoms with Crippen LogP contribution in [0.25, 0.3) is 11.3 Å². The molecule has 1 aliphatic heterocycles. The molecular formula is C15H16ClNO2. The van der Waals surface area contributed by atoms with E-state index in [-0.39, 0.29) is 6.61 Å². The summed E-state index contributed by atoms with van der Waals surface area (Å²) >= 11 is 6.35. The SMILES string of the molecule is OCc1ccc(-c2ccc(N3CCCC3)cc2Cl)o1. The Labute approximate surface area is 117 Å². The highest BCUT2D eigenvalue weighted by Crippen LogP contribution is 2.33. The normalized spacial score (nSPS) is 15.2. The van der Waals surface area contributed by atoms with E-state index in [0.29, 0.717) is 16.5 Å². The molecule has 2 aromatic rings. The molecule has 3 nitrogen and oxygen atoms in total. The molecule has 1 N–H and O–H groups in total. The van der Waals surface area contributed by atoms with Crippen molar-refractivity contribution in [3.8, 4) is 11.3 Å². The molecule has 0 amide bonds. The van der Waals surface area contributed by atoms with Crippen LogP contribution in [-0.4, -0.2) is 18.2 Å². The average Bonchev–Trinajstić information content (AvgIpc) is 3.10. The van der Waals surface area contributed by atoms with Crippen LogP contribution in [0.3, 0.4) is 0 Å². The van der Waals surface area contributed by atoms with Crippen molar-refractivity contribution >= 4 is 17.3 Å². The van der Waals surface area contributed by atoms with Crippen LogP contribution in [0.4, 0.5) is 5.69 Å². The van der Waals surface area contributed by atoms with E-state index in [2.05, 4.69) is 11.0 Å². The molecule has 0 radical (unpaired) electrons. The van der Waals surface area contributed by atoms with Gasteiger partial charge in [0, 0.05) is 24.3 Å². The van der Waals surface area contributed by atoms with Crippen molar-refractivity contribution in [3.63, 3.8) is 0 Å². The summed E-state index contributed by atoms with van der Waals surface area (Å²) in [4.78, 5) is 2.34. The molecule has 2 heterocycles. The van der Waals surface area contributed by atoms with E-state index < -0.39 is 0 Å². The number of rotatable bonds is 3. The van der Waals surface area contributed by atoms with Crippen molar-refractivity contribution in [3.05, 3.63) is 41.1 Å². The average molecular weight is 278 g/mol. The van der Waals surface area contributed by atoms with Crippen LogP contribution in [0.2, 0.25) is 5.02 Å². The van der Waals surface area contributed by atoms with Gasteiger partial charge in [0.25, 0.3) is 0 Å². The van der Waals surface area contributed by atoms with Crippen LogP contribution in [-0.2, 0) is 6.61 Å². The smallest absolute Gasteiger partial charge is 0.135 e. The number of benzene rings is 1. The lowest BCUT2D eigenvalue weighted by Crippen LogP contribution is -2.17. The van der Waals surface area contributed by atoms with Crippen LogP contribution in [0.5, 0.6) is 0 Å². The summed E-state index contributed by atoms with van der Waals surface area (Å²) in [6.07, 6.45) is 2.49. The molecule has 1 saturated heterocycles. The number of anilines is 1. The molecule has 0 spiro atoms. The Bertz CT molecular complexity index is 573. The Kier molecular flexibility index (Phi) is 3.49. The van der Waals surface area contributed by atoms with Gasteiger partial charge in [0.15, 0.2) is 0 Å². The number of halogens is 1. The molecule has 0 unspecified atom stereocenters. The highest BCUT2D eigenvalue weighted by molar-refractivity contribution is 6.33. The van der Waals surface area contributed by atoms with Gasteiger partial charge in [0.1, 0.15) is 18.1 Å². The van der Waals surface area contributed by atoms with E-state index in [1.165, 1.54) is 18.5 Å². The number of furan rings is 1. The molecule has 19 heavy (non-hydrogen) atoms. The fraction of sp³-hybridized carbons (Fsp3) is 0.333. The van der Waals surface area contributed by atoms with E-state index in [4.69, 9.17) is 21.1 Å². The van der Waals surface area contributed by atoms with Gasteiger partial charge in [-0.2, -0.15) is 0 Å². The summed E-state index contributed by atoms with van der Waals surface area (Å²) in [5.41, 5.74) is 2.03. The summed E-state index contributed by atoms with van der Waals surface area (Å²) in [5, 5.41) is 9.70. The zero-order valence-electron chi connectivity index (χ0n) is 10.6. The lowest BCUT2D eigenvalue weighted by molar-refractivity contribution is 0.248. The van der Waals surface area contributed by atoms with E-state index >= 15 is 0 Å². The Balaban J connectivity index is 1.90. The molecule has 100 valence electrons. The molecule has 0 atom stereocenters. The van der Waals surface area contributed by atoms with E-state index in [0.717, 1.165) is 18.7 Å². The Morgan fingerprint density at radius 2 is 1.95 bits per heavy atom. The third kappa shape index (κ3) is 2.48. The Morgan fingerprint density at radius 3 is 2.58 bits per heavy atom. The van der Waals surface area contributed by atoms with E-state index in [1.807, 2.05) is 18.2 Å². The van der Waals surface area contributed by atoms with Crippen molar-refractivity contribution < 1.29 is 9.52 Å². The Morgan fingerprint density at radius 1 is 1.16 bits per heavy atom. The molecule has 0 bridgehead atoms. The van der Waals surface area contributed by atoms with Gasteiger partial charge in [0.05, 0.1) is 5.02 Å². The Hall–Kier alpha value is -1.45. The maximum atomic E-state index is 9.02. The van der Waals surface area contributed by atoms with E-state index in [1.54, 1.807) is 6.07 Å². The standard InChI is InChI=1S/C15H16ClNO2/c16-14-9-11(17-7-1-2-8-17)3-5-13(14)15-6-4-12(10-18)19-15/h3-6,9,18H,1-2,7-8,10H2. The van der Waals surface area contributed by atoms with Crippen LogP contribution in [0, 0.1) is 0 Å². The second kappa shape index (κ2) is 5.27. The van der Waals surface area contributed by atoms with Crippen molar-refractivity contribution in [1.82, 2.24) is 0 Å². The van der Waals surface area contributed by atoms with Gasteiger partial charge in [-0.3, -0.25) is 0 Å². The highest BCUT2D eigenvalue weighted by Gasteiger charge is 2.15. The number of hydrogen-bond donors (Lipinski definition) is 1. The van der Waals surface area contributed by atoms with Crippen LogP contribution < -0.4 is 4.90 Å². The van der Waals surface area contributed by atoms with Crippen LogP contribution in [0.15, 0.2) is 34.7 Å². The van der Waals surface area contributed by atoms with Gasteiger partial charge in [-0.1, -0.05) is 11.6 Å². The number of aliphatic hydroxyl groups excluding tert-OH is 1. The summed E-state index contributed by atoms with van der Waals surface area (Å²) in [5.74, 6) is 1.25. The first kappa shape index (κ1) is 12.6. The summed E-state index contributed by atoms with van der Waals surface area (Å²) in [6.45, 7) is 2.11.